The van der Waals surface area contributed by atoms with Crippen molar-refractivity contribution in [3.05, 3.63) is 35.4 Å². The molecule has 0 unspecified atom stereocenters. The quantitative estimate of drug-likeness (QED) is 0.788. The molecular formula is C16H22N2O2S. The van der Waals surface area contributed by atoms with Crippen LogP contribution in [0.25, 0.3) is 0 Å². The molecule has 1 N–H and O–H groups in total. The molecule has 0 saturated carbocycles. The summed E-state index contributed by atoms with van der Waals surface area (Å²) in [7, 11) is 0. The van der Waals surface area contributed by atoms with E-state index in [0.29, 0.717) is 13.0 Å². The van der Waals surface area contributed by atoms with Crippen LogP contribution in [0.1, 0.15) is 24.0 Å². The SMILES string of the molecule is CSCC[C@@H]1NC(=O)N(CCCc2ccccc2C)C1=O. The first kappa shape index (κ1) is 15.9. The maximum absolute atomic E-state index is 12.2. The average molecular weight is 306 g/mol. The summed E-state index contributed by atoms with van der Waals surface area (Å²) >= 11 is 1.69. The van der Waals surface area contributed by atoms with E-state index in [-0.39, 0.29) is 18.0 Å². The Labute approximate surface area is 130 Å². The van der Waals surface area contributed by atoms with Crippen molar-refractivity contribution in [3.8, 4) is 0 Å². The Kier molecular flexibility index (Phi) is 5.67. The van der Waals surface area contributed by atoms with Crippen LogP contribution in [0.2, 0.25) is 0 Å². The summed E-state index contributed by atoms with van der Waals surface area (Å²) in [5.41, 5.74) is 2.54. The Morgan fingerprint density at radius 2 is 2.05 bits per heavy atom. The third-order valence-electron chi connectivity index (χ3n) is 3.81. The summed E-state index contributed by atoms with van der Waals surface area (Å²) in [6, 6.07) is 7.66. The smallest absolute Gasteiger partial charge is 0.324 e. The molecule has 1 aliphatic rings. The Morgan fingerprint density at radius 3 is 2.76 bits per heavy atom. The number of imide groups is 1. The summed E-state index contributed by atoms with van der Waals surface area (Å²) in [4.78, 5) is 25.4. The molecule has 0 aromatic heterocycles. The van der Waals surface area contributed by atoms with Gasteiger partial charge in [0.1, 0.15) is 6.04 Å². The Hall–Kier alpha value is -1.49. The van der Waals surface area contributed by atoms with Gasteiger partial charge in [0.2, 0.25) is 0 Å². The van der Waals surface area contributed by atoms with Gasteiger partial charge >= 0.3 is 6.03 Å². The lowest BCUT2D eigenvalue weighted by Gasteiger charge is -2.13. The van der Waals surface area contributed by atoms with Gasteiger partial charge in [-0.25, -0.2) is 4.79 Å². The number of benzene rings is 1. The summed E-state index contributed by atoms with van der Waals surface area (Å²) in [6.07, 6.45) is 4.40. The molecule has 2 rings (SSSR count). The minimum absolute atomic E-state index is 0.0705. The van der Waals surface area contributed by atoms with Crippen LogP contribution in [-0.2, 0) is 11.2 Å². The normalized spacial score (nSPS) is 18.2. The Balaban J connectivity index is 1.84. The van der Waals surface area contributed by atoms with E-state index in [1.807, 2.05) is 18.4 Å². The summed E-state index contributed by atoms with van der Waals surface area (Å²) in [5, 5.41) is 2.77. The standard InChI is InChI=1S/C16H22N2O2S/c1-12-6-3-4-7-13(12)8-5-10-18-15(19)14(9-11-21-2)17-16(18)20/h3-4,6-7,14H,5,8-11H2,1-2H3,(H,17,20)/t14-/m0/s1. The fraction of sp³-hybridized carbons (Fsp3) is 0.500. The topological polar surface area (TPSA) is 49.4 Å². The highest BCUT2D eigenvalue weighted by atomic mass is 32.2. The van der Waals surface area contributed by atoms with Gasteiger partial charge in [-0.3, -0.25) is 9.69 Å². The third kappa shape index (κ3) is 4.00. The molecule has 1 aromatic rings. The first-order valence-corrected chi connectivity index (χ1v) is 8.68. The Morgan fingerprint density at radius 1 is 1.29 bits per heavy atom. The molecule has 1 aromatic carbocycles. The lowest BCUT2D eigenvalue weighted by atomic mass is 10.0. The van der Waals surface area contributed by atoms with Crippen LogP contribution in [0.3, 0.4) is 0 Å². The second kappa shape index (κ2) is 7.50. The second-order valence-electron chi connectivity index (χ2n) is 5.30. The number of carbonyl (C=O) groups excluding carboxylic acids is 2. The predicted molar refractivity (Wildman–Crippen MR) is 86.5 cm³/mol. The molecule has 0 aliphatic carbocycles. The molecule has 0 radical (unpaired) electrons. The van der Waals surface area contributed by atoms with E-state index >= 15 is 0 Å². The van der Waals surface area contributed by atoms with Crippen LogP contribution in [0.4, 0.5) is 4.79 Å². The zero-order valence-corrected chi connectivity index (χ0v) is 13.4. The minimum atomic E-state index is -0.330. The molecule has 1 aliphatic heterocycles. The molecule has 21 heavy (non-hydrogen) atoms. The number of rotatable bonds is 7. The van der Waals surface area contributed by atoms with Gasteiger partial charge in [-0.2, -0.15) is 11.8 Å². The number of hydrogen-bond donors (Lipinski definition) is 1. The van der Waals surface area contributed by atoms with Crippen molar-refractivity contribution in [2.45, 2.75) is 32.2 Å². The first-order chi connectivity index (χ1) is 10.1. The van der Waals surface area contributed by atoms with Gasteiger partial charge in [-0.15, -0.1) is 0 Å². The summed E-state index contributed by atoms with van der Waals surface area (Å²) in [6.45, 7) is 2.58. The van der Waals surface area contributed by atoms with Gasteiger partial charge in [-0.1, -0.05) is 24.3 Å². The number of urea groups is 1. The molecule has 1 saturated heterocycles. The minimum Gasteiger partial charge on any atom is -0.326 e. The number of nitrogens with zero attached hydrogens (tertiary/aromatic N) is 1. The highest BCUT2D eigenvalue weighted by molar-refractivity contribution is 7.98. The average Bonchev–Trinajstić information content (AvgIpc) is 2.74. The van der Waals surface area contributed by atoms with Crippen molar-refractivity contribution in [1.82, 2.24) is 10.2 Å². The number of hydrogen-bond acceptors (Lipinski definition) is 3. The molecule has 1 fully saturated rings. The van der Waals surface area contributed by atoms with Crippen molar-refractivity contribution in [2.24, 2.45) is 0 Å². The largest absolute Gasteiger partial charge is 0.326 e. The zero-order chi connectivity index (χ0) is 15.2. The van der Waals surface area contributed by atoms with E-state index in [0.717, 1.165) is 18.6 Å². The fourth-order valence-electron chi connectivity index (χ4n) is 2.54. The van der Waals surface area contributed by atoms with E-state index < -0.39 is 0 Å². The summed E-state index contributed by atoms with van der Waals surface area (Å²) < 4.78 is 0. The molecule has 0 spiro atoms. The predicted octanol–water partition coefficient (Wildman–Crippen LogP) is 2.60. The van der Waals surface area contributed by atoms with Gasteiger partial charge in [0, 0.05) is 6.54 Å². The maximum Gasteiger partial charge on any atom is 0.324 e. The van der Waals surface area contributed by atoms with Crippen molar-refractivity contribution in [3.63, 3.8) is 0 Å². The molecule has 0 bridgehead atoms. The van der Waals surface area contributed by atoms with Crippen LogP contribution in [0.15, 0.2) is 24.3 Å². The monoisotopic (exact) mass is 306 g/mol. The number of carbonyl (C=O) groups is 2. The lowest BCUT2D eigenvalue weighted by molar-refractivity contribution is -0.127. The highest BCUT2D eigenvalue weighted by Crippen LogP contribution is 2.14. The molecule has 114 valence electrons. The van der Waals surface area contributed by atoms with E-state index in [4.69, 9.17) is 0 Å². The highest BCUT2D eigenvalue weighted by Gasteiger charge is 2.36. The number of aryl methyl sites for hydroxylation is 2. The van der Waals surface area contributed by atoms with E-state index in [1.54, 1.807) is 11.8 Å². The molecular weight excluding hydrogens is 284 g/mol. The molecule has 3 amide bonds. The number of nitrogens with one attached hydrogen (secondary N) is 1. The number of thioether (sulfide) groups is 1. The van der Waals surface area contributed by atoms with Crippen LogP contribution >= 0.6 is 11.8 Å². The van der Waals surface area contributed by atoms with Crippen molar-refractivity contribution >= 4 is 23.7 Å². The molecule has 1 heterocycles. The maximum atomic E-state index is 12.2. The van der Waals surface area contributed by atoms with E-state index in [1.165, 1.54) is 16.0 Å². The van der Waals surface area contributed by atoms with Crippen LogP contribution in [-0.4, -0.2) is 41.4 Å². The first-order valence-electron chi connectivity index (χ1n) is 7.29. The fourth-order valence-corrected chi connectivity index (χ4v) is 3.01. The zero-order valence-electron chi connectivity index (χ0n) is 12.6. The van der Waals surface area contributed by atoms with Gasteiger partial charge < -0.3 is 5.32 Å². The summed E-state index contributed by atoms with van der Waals surface area (Å²) in [5.74, 6) is 0.812. The van der Waals surface area contributed by atoms with Crippen LogP contribution in [0.5, 0.6) is 0 Å². The van der Waals surface area contributed by atoms with Crippen molar-refractivity contribution in [1.29, 1.82) is 0 Å². The second-order valence-corrected chi connectivity index (χ2v) is 6.29. The lowest BCUT2D eigenvalue weighted by Crippen LogP contribution is -2.32. The van der Waals surface area contributed by atoms with Crippen LogP contribution < -0.4 is 5.32 Å². The van der Waals surface area contributed by atoms with Gasteiger partial charge in [0.05, 0.1) is 0 Å². The van der Waals surface area contributed by atoms with Gasteiger partial charge in [0.25, 0.3) is 5.91 Å². The number of amides is 3. The third-order valence-corrected chi connectivity index (χ3v) is 4.45. The van der Waals surface area contributed by atoms with Crippen LogP contribution in [0, 0.1) is 6.92 Å². The van der Waals surface area contributed by atoms with Gasteiger partial charge in [-0.05, 0) is 49.3 Å². The molecule has 4 nitrogen and oxygen atoms in total. The van der Waals surface area contributed by atoms with E-state index in [2.05, 4.69) is 24.4 Å². The molecule has 5 heteroatoms. The van der Waals surface area contributed by atoms with Gasteiger partial charge in [0.15, 0.2) is 0 Å². The molecule has 1 atom stereocenters. The van der Waals surface area contributed by atoms with E-state index in [9.17, 15) is 9.59 Å². The van der Waals surface area contributed by atoms with Crippen molar-refractivity contribution in [2.75, 3.05) is 18.6 Å². The van der Waals surface area contributed by atoms with Crippen molar-refractivity contribution < 1.29 is 9.59 Å². The Bertz CT molecular complexity index is 519.